The third kappa shape index (κ3) is 9.94. The molecule has 3 amide bonds. The van der Waals surface area contributed by atoms with Crippen LogP contribution in [0, 0.1) is 19.8 Å². The van der Waals surface area contributed by atoms with Crippen LogP contribution in [0.3, 0.4) is 0 Å². The molecule has 4 rings (SSSR count). The fraction of sp³-hybridized carbons (Fsp3) is 0.528. The number of nitrogens with zero attached hydrogens (tertiary/aromatic N) is 3. The van der Waals surface area contributed by atoms with E-state index in [0.717, 1.165) is 37.1 Å². The van der Waals surface area contributed by atoms with Gasteiger partial charge in [0.15, 0.2) is 5.76 Å². The molecule has 3 aromatic rings. The Balaban J connectivity index is 1.58. The predicted octanol–water partition coefficient (Wildman–Crippen LogP) is 5.87. The van der Waals surface area contributed by atoms with E-state index in [1.54, 1.807) is 44.1 Å². The maximum Gasteiger partial charge on any atom is 0.323 e. The lowest BCUT2D eigenvalue weighted by atomic mass is 10.0. The van der Waals surface area contributed by atoms with Gasteiger partial charge in [-0.2, -0.15) is 0 Å². The second-order valence-electron chi connectivity index (χ2n) is 12.8. The fourth-order valence-corrected chi connectivity index (χ4v) is 5.81. The number of benzene rings is 2. The van der Waals surface area contributed by atoms with Crippen LogP contribution in [0.25, 0.3) is 0 Å². The van der Waals surface area contributed by atoms with Gasteiger partial charge in [0, 0.05) is 37.8 Å². The SMILES string of the molecule is COc1ccc(CN(C)C[C@H]2OCCCC[C@@H](C)Oc3ccc(NC(=O)Nc4c(C)noc4C)cc3C(=O)N([C@H](C)CO)C[C@H]2C)cc1. The van der Waals surface area contributed by atoms with E-state index >= 15 is 0 Å². The lowest BCUT2D eigenvalue weighted by Crippen LogP contribution is -2.47. The van der Waals surface area contributed by atoms with Gasteiger partial charge >= 0.3 is 6.03 Å². The molecule has 12 nitrogen and oxygen atoms in total. The molecule has 0 saturated heterocycles. The van der Waals surface area contributed by atoms with E-state index in [1.165, 1.54) is 0 Å². The van der Waals surface area contributed by atoms with Crippen LogP contribution in [0.15, 0.2) is 47.0 Å². The number of hydrogen-bond acceptors (Lipinski definition) is 9. The highest BCUT2D eigenvalue weighted by Gasteiger charge is 2.30. The van der Waals surface area contributed by atoms with Crippen molar-refractivity contribution in [1.82, 2.24) is 15.0 Å². The first-order valence-corrected chi connectivity index (χ1v) is 16.7. The number of urea groups is 1. The molecule has 48 heavy (non-hydrogen) atoms. The first-order chi connectivity index (χ1) is 23.0. The highest BCUT2D eigenvalue weighted by Crippen LogP contribution is 2.29. The molecule has 0 radical (unpaired) electrons. The summed E-state index contributed by atoms with van der Waals surface area (Å²) in [5, 5.41) is 19.7. The molecule has 0 fully saturated rings. The largest absolute Gasteiger partial charge is 0.497 e. The van der Waals surface area contributed by atoms with Crippen molar-refractivity contribution < 1.29 is 33.4 Å². The molecule has 4 atom stereocenters. The van der Waals surface area contributed by atoms with Crippen LogP contribution in [0.5, 0.6) is 11.5 Å². The Morgan fingerprint density at radius 3 is 2.56 bits per heavy atom. The molecule has 2 heterocycles. The van der Waals surface area contributed by atoms with Gasteiger partial charge < -0.3 is 39.4 Å². The van der Waals surface area contributed by atoms with Crippen LogP contribution in [-0.2, 0) is 11.3 Å². The summed E-state index contributed by atoms with van der Waals surface area (Å²) in [6, 6.07) is 12.1. The second-order valence-corrected chi connectivity index (χ2v) is 12.8. The number of carbonyl (C=O) groups excluding carboxylic acids is 2. The van der Waals surface area contributed by atoms with E-state index in [2.05, 4.69) is 46.8 Å². The molecule has 0 spiro atoms. The Labute approximate surface area is 283 Å². The van der Waals surface area contributed by atoms with E-state index in [4.69, 9.17) is 18.7 Å². The maximum atomic E-state index is 14.4. The molecule has 0 saturated carbocycles. The van der Waals surface area contributed by atoms with Gasteiger partial charge in [0.2, 0.25) is 0 Å². The van der Waals surface area contributed by atoms with Gasteiger partial charge in [-0.05, 0) is 89.9 Å². The summed E-state index contributed by atoms with van der Waals surface area (Å²) in [7, 11) is 3.72. The van der Waals surface area contributed by atoms with Crippen molar-refractivity contribution in [3.8, 4) is 11.5 Å². The van der Waals surface area contributed by atoms with Gasteiger partial charge in [0.05, 0.1) is 37.5 Å². The lowest BCUT2D eigenvalue weighted by Gasteiger charge is -2.36. The van der Waals surface area contributed by atoms with E-state index in [0.29, 0.717) is 53.8 Å². The molecule has 12 heteroatoms. The molecule has 0 unspecified atom stereocenters. The summed E-state index contributed by atoms with van der Waals surface area (Å²) in [5.74, 6) is 1.37. The summed E-state index contributed by atoms with van der Waals surface area (Å²) in [4.78, 5) is 31.2. The van der Waals surface area contributed by atoms with E-state index in [1.807, 2.05) is 26.0 Å². The number of carbonyl (C=O) groups is 2. The number of rotatable bonds is 9. The zero-order valence-electron chi connectivity index (χ0n) is 29.2. The minimum atomic E-state index is -0.500. The third-order valence-electron chi connectivity index (χ3n) is 8.68. The third-order valence-corrected chi connectivity index (χ3v) is 8.68. The number of aliphatic hydroxyl groups excluding tert-OH is 1. The normalized spacial score (nSPS) is 20.0. The van der Waals surface area contributed by atoms with Crippen molar-refractivity contribution >= 4 is 23.3 Å². The van der Waals surface area contributed by atoms with E-state index < -0.39 is 12.1 Å². The Morgan fingerprint density at radius 2 is 1.90 bits per heavy atom. The van der Waals surface area contributed by atoms with Gasteiger partial charge in [-0.15, -0.1) is 0 Å². The number of ether oxygens (including phenoxy) is 3. The van der Waals surface area contributed by atoms with Gasteiger partial charge in [-0.1, -0.05) is 24.2 Å². The number of likely N-dealkylation sites (N-methyl/N-ethyl adjacent to an activating group) is 1. The smallest absolute Gasteiger partial charge is 0.323 e. The number of amides is 3. The number of fused-ring (bicyclic) bond motifs is 1. The molecular weight excluding hydrogens is 614 g/mol. The van der Waals surface area contributed by atoms with Crippen molar-refractivity contribution in [1.29, 1.82) is 0 Å². The standard InChI is InChI=1S/C36H51N5O7/c1-23-19-41(24(2)22-42)35(43)31-18-29(37-36(44)38-34-26(4)39-48-27(34)5)13-16-32(31)47-25(3)10-8-9-17-46-33(23)21-40(6)20-28-11-14-30(45-7)15-12-28/h11-16,18,23-25,33,42H,8-10,17,19-22H2,1-7H3,(H2,37,38,44)/t23-,24-,25-,33-/m1/s1. The fourth-order valence-electron chi connectivity index (χ4n) is 5.81. The average Bonchev–Trinajstić information content (AvgIpc) is 3.38. The summed E-state index contributed by atoms with van der Waals surface area (Å²) in [6.45, 7) is 11.5. The molecule has 0 bridgehead atoms. The predicted molar refractivity (Wildman–Crippen MR) is 185 cm³/mol. The van der Waals surface area contributed by atoms with Gasteiger partial charge in [0.25, 0.3) is 5.91 Å². The zero-order chi connectivity index (χ0) is 34.8. The lowest BCUT2D eigenvalue weighted by molar-refractivity contribution is -0.0177. The summed E-state index contributed by atoms with van der Waals surface area (Å²) >= 11 is 0. The van der Waals surface area contributed by atoms with Crippen LogP contribution >= 0.6 is 0 Å². The number of hydrogen-bond donors (Lipinski definition) is 3. The van der Waals surface area contributed by atoms with Crippen LogP contribution in [0.4, 0.5) is 16.2 Å². The highest BCUT2D eigenvalue weighted by molar-refractivity contribution is 6.03. The molecule has 1 aliphatic heterocycles. The topological polar surface area (TPSA) is 139 Å². The van der Waals surface area contributed by atoms with Crippen molar-refractivity contribution in [3.63, 3.8) is 0 Å². The summed E-state index contributed by atoms with van der Waals surface area (Å²) in [5.41, 5.74) is 2.92. The van der Waals surface area contributed by atoms with Gasteiger partial charge in [-0.3, -0.25) is 9.69 Å². The number of anilines is 2. The second kappa shape index (κ2) is 17.3. The molecule has 3 N–H and O–H groups in total. The molecular formula is C36H51N5O7. The molecule has 0 aliphatic carbocycles. The van der Waals surface area contributed by atoms with Crippen molar-refractivity contribution in [2.75, 3.05) is 51.1 Å². The van der Waals surface area contributed by atoms with Crippen LogP contribution in [-0.4, -0.2) is 90.7 Å². The van der Waals surface area contributed by atoms with Crippen molar-refractivity contribution in [2.24, 2.45) is 5.92 Å². The van der Waals surface area contributed by atoms with Crippen molar-refractivity contribution in [3.05, 3.63) is 65.0 Å². The Kier molecular flexibility index (Phi) is 13.2. The Bertz CT molecular complexity index is 1470. The quantitative estimate of drug-likeness (QED) is 0.256. The van der Waals surface area contributed by atoms with E-state index in [-0.39, 0.29) is 30.6 Å². The number of aliphatic hydroxyl groups is 1. The molecule has 2 aromatic carbocycles. The first-order valence-electron chi connectivity index (χ1n) is 16.7. The Morgan fingerprint density at radius 1 is 1.15 bits per heavy atom. The monoisotopic (exact) mass is 665 g/mol. The molecule has 262 valence electrons. The number of aromatic nitrogens is 1. The van der Waals surface area contributed by atoms with Gasteiger partial charge in [-0.25, -0.2) is 4.79 Å². The van der Waals surface area contributed by atoms with E-state index in [9.17, 15) is 14.7 Å². The van der Waals surface area contributed by atoms with Crippen molar-refractivity contribution in [2.45, 2.75) is 78.7 Å². The molecule has 1 aromatic heterocycles. The van der Waals surface area contributed by atoms with Gasteiger partial charge in [0.1, 0.15) is 22.9 Å². The van der Waals surface area contributed by atoms with Crippen LogP contribution in [0.2, 0.25) is 0 Å². The number of aryl methyl sites for hydroxylation is 2. The van der Waals surface area contributed by atoms with Crippen LogP contribution in [0.1, 0.15) is 67.4 Å². The minimum absolute atomic E-state index is 0.0605. The summed E-state index contributed by atoms with van der Waals surface area (Å²) < 4.78 is 23.3. The Hall–Kier alpha value is -4.13. The minimum Gasteiger partial charge on any atom is -0.497 e. The maximum absolute atomic E-state index is 14.4. The number of methoxy groups -OCH3 is 1. The summed E-state index contributed by atoms with van der Waals surface area (Å²) in [6.07, 6.45) is 2.25. The molecule has 1 aliphatic rings. The van der Waals surface area contributed by atoms with Crippen LogP contribution < -0.4 is 20.1 Å². The highest BCUT2D eigenvalue weighted by atomic mass is 16.5. The number of nitrogens with one attached hydrogen (secondary N) is 2. The average molecular weight is 666 g/mol. The first kappa shape index (κ1) is 36.7. The zero-order valence-corrected chi connectivity index (χ0v) is 29.2.